The first-order chi connectivity index (χ1) is 16.9. The van der Waals surface area contributed by atoms with Crippen molar-refractivity contribution < 1.29 is 13.9 Å². The Bertz CT molecular complexity index is 884. The van der Waals surface area contributed by atoms with Gasteiger partial charge in [-0.3, -0.25) is 0 Å². The zero-order valence-electron chi connectivity index (χ0n) is 21.7. The molecule has 0 radical (unpaired) electrons. The first-order valence-corrected chi connectivity index (χ1v) is 14.9. The molecular weight excluding hydrogens is 454 g/mol. The van der Waals surface area contributed by atoms with Crippen LogP contribution in [0.25, 0.3) is 10.4 Å². The second-order valence-electron chi connectivity index (χ2n) is 10.4. The van der Waals surface area contributed by atoms with Gasteiger partial charge in [0.05, 0.1) is 12.6 Å². The highest BCUT2D eigenvalue weighted by Gasteiger charge is 2.50. The summed E-state index contributed by atoms with van der Waals surface area (Å²) < 4.78 is 19.0. The number of hydrogen-bond donors (Lipinski definition) is 0. The second-order valence-corrected chi connectivity index (χ2v) is 14.7. The summed E-state index contributed by atoms with van der Waals surface area (Å²) in [7, 11) is -2.71. The lowest BCUT2D eigenvalue weighted by molar-refractivity contribution is -0.170. The monoisotopic (exact) mass is 495 g/mol. The van der Waals surface area contributed by atoms with Crippen molar-refractivity contribution in [2.75, 3.05) is 19.8 Å². The van der Waals surface area contributed by atoms with Gasteiger partial charge in [-0.15, -0.1) is 0 Å². The van der Waals surface area contributed by atoms with Gasteiger partial charge in [0.2, 0.25) is 0 Å². The fourth-order valence-electron chi connectivity index (χ4n) is 5.13. The van der Waals surface area contributed by atoms with E-state index < -0.39 is 8.32 Å². The lowest BCUT2D eigenvalue weighted by atomic mass is 9.97. The fraction of sp³-hybridized carbons (Fsp3) is 0.571. The predicted molar refractivity (Wildman–Crippen MR) is 144 cm³/mol. The van der Waals surface area contributed by atoms with E-state index in [1.807, 2.05) is 12.1 Å². The summed E-state index contributed by atoms with van der Waals surface area (Å²) >= 11 is 0. The van der Waals surface area contributed by atoms with Crippen LogP contribution in [-0.2, 0) is 13.9 Å². The number of azide groups is 1. The van der Waals surface area contributed by atoms with Crippen LogP contribution in [-0.4, -0.2) is 40.5 Å². The van der Waals surface area contributed by atoms with Crippen molar-refractivity contribution in [3.8, 4) is 0 Å². The third-order valence-electron chi connectivity index (χ3n) is 6.93. The number of rotatable bonds is 12. The number of hydrogen-bond acceptors (Lipinski definition) is 4. The van der Waals surface area contributed by atoms with E-state index in [-0.39, 0.29) is 23.3 Å². The van der Waals surface area contributed by atoms with Gasteiger partial charge in [-0.1, -0.05) is 99.9 Å². The van der Waals surface area contributed by atoms with Gasteiger partial charge in [-0.05, 0) is 52.5 Å². The molecule has 0 saturated carbocycles. The summed E-state index contributed by atoms with van der Waals surface area (Å²) in [5.41, 5.74) is 9.44. The molecule has 35 heavy (non-hydrogen) atoms. The van der Waals surface area contributed by atoms with Gasteiger partial charge in [0.15, 0.2) is 6.29 Å². The molecule has 6 nitrogen and oxygen atoms in total. The maximum Gasteiger partial charge on any atom is 0.261 e. The van der Waals surface area contributed by atoms with Crippen molar-refractivity contribution in [2.45, 2.75) is 77.2 Å². The summed E-state index contributed by atoms with van der Waals surface area (Å²) in [5, 5.41) is 6.54. The third-order valence-corrected chi connectivity index (χ3v) is 11.9. The Balaban J connectivity index is 1.90. The Morgan fingerprint density at radius 2 is 1.66 bits per heavy atom. The standard InChI is InChI=1S/C28H41N3O3Si/c1-5-14-23(21-33-27-19-12-13-20-32-27)26(30-31-29)22-34-35(28(2,3)4,24-15-8-6-9-16-24)25-17-10-7-11-18-25/h6-11,15-18,23,26-27H,5,12-14,19-22H2,1-4H3/t23-,26-,27?/m1/s1. The molecule has 0 N–H and O–H groups in total. The Labute approximate surface area is 211 Å². The number of ether oxygens (including phenoxy) is 2. The van der Waals surface area contributed by atoms with Gasteiger partial charge in [0.25, 0.3) is 8.32 Å². The molecule has 1 aliphatic rings. The third kappa shape index (κ3) is 6.96. The minimum atomic E-state index is -2.71. The molecule has 0 amide bonds. The molecule has 2 aromatic carbocycles. The fourth-order valence-corrected chi connectivity index (χ4v) is 9.71. The molecule has 0 aliphatic carbocycles. The van der Waals surface area contributed by atoms with Crippen LogP contribution in [0.1, 0.15) is 59.8 Å². The van der Waals surface area contributed by atoms with Crippen molar-refractivity contribution in [1.29, 1.82) is 0 Å². The van der Waals surface area contributed by atoms with Gasteiger partial charge in [0, 0.05) is 18.1 Å². The lowest BCUT2D eigenvalue weighted by Gasteiger charge is -2.44. The average molecular weight is 496 g/mol. The maximum absolute atomic E-state index is 9.44. The molecule has 1 unspecified atom stereocenters. The van der Waals surface area contributed by atoms with Crippen LogP contribution in [0.4, 0.5) is 0 Å². The van der Waals surface area contributed by atoms with E-state index in [1.165, 1.54) is 10.4 Å². The van der Waals surface area contributed by atoms with Gasteiger partial charge >= 0.3 is 0 Å². The van der Waals surface area contributed by atoms with E-state index in [2.05, 4.69) is 86.3 Å². The highest BCUT2D eigenvalue weighted by molar-refractivity contribution is 6.99. The van der Waals surface area contributed by atoms with E-state index >= 15 is 0 Å². The van der Waals surface area contributed by atoms with E-state index in [9.17, 15) is 5.53 Å². The van der Waals surface area contributed by atoms with E-state index in [0.717, 1.165) is 38.7 Å². The van der Waals surface area contributed by atoms with Crippen LogP contribution >= 0.6 is 0 Å². The molecule has 1 heterocycles. The summed E-state index contributed by atoms with van der Waals surface area (Å²) in [4.78, 5) is 3.22. The summed E-state index contributed by atoms with van der Waals surface area (Å²) in [6.45, 7) is 10.5. The van der Waals surface area contributed by atoms with Gasteiger partial charge in [-0.25, -0.2) is 0 Å². The lowest BCUT2D eigenvalue weighted by Crippen LogP contribution is -2.67. The number of nitrogens with zero attached hydrogens (tertiary/aromatic N) is 3. The van der Waals surface area contributed by atoms with Crippen molar-refractivity contribution in [3.05, 3.63) is 71.1 Å². The molecule has 1 saturated heterocycles. The minimum Gasteiger partial charge on any atom is -0.407 e. The SMILES string of the molecule is CCC[C@H](COC1CCCCO1)[C@@H](CO[Si](c1ccccc1)(c1ccccc1)C(C)(C)C)N=[N+]=[N-]. The van der Waals surface area contributed by atoms with Crippen molar-refractivity contribution >= 4 is 18.7 Å². The normalized spacial score (nSPS) is 18.5. The quantitative estimate of drug-likeness (QED) is 0.152. The molecule has 3 rings (SSSR count). The first-order valence-electron chi connectivity index (χ1n) is 12.9. The van der Waals surface area contributed by atoms with Gasteiger partial charge in [-0.2, -0.15) is 0 Å². The first kappa shape index (κ1) is 27.4. The van der Waals surface area contributed by atoms with Crippen molar-refractivity contribution in [3.63, 3.8) is 0 Å². The Kier molecular flexibility index (Phi) is 10.4. The Morgan fingerprint density at radius 1 is 1.03 bits per heavy atom. The van der Waals surface area contributed by atoms with Crippen LogP contribution in [0.3, 0.4) is 0 Å². The van der Waals surface area contributed by atoms with Gasteiger partial charge in [0.1, 0.15) is 0 Å². The molecule has 3 atom stereocenters. The van der Waals surface area contributed by atoms with Crippen molar-refractivity contribution in [2.24, 2.45) is 11.0 Å². The summed E-state index contributed by atoms with van der Waals surface area (Å²) in [6, 6.07) is 20.8. The van der Waals surface area contributed by atoms with E-state index in [1.54, 1.807) is 0 Å². The Hall–Kier alpha value is -2.15. The van der Waals surface area contributed by atoms with Crippen LogP contribution in [0.2, 0.25) is 5.04 Å². The summed E-state index contributed by atoms with van der Waals surface area (Å²) in [6.07, 6.45) is 4.86. The van der Waals surface area contributed by atoms with Gasteiger partial charge < -0.3 is 13.9 Å². The largest absolute Gasteiger partial charge is 0.407 e. The van der Waals surface area contributed by atoms with Crippen LogP contribution in [0, 0.1) is 5.92 Å². The topological polar surface area (TPSA) is 76.5 Å². The molecule has 1 aliphatic heterocycles. The molecule has 0 bridgehead atoms. The minimum absolute atomic E-state index is 0.0691. The molecule has 7 heteroatoms. The smallest absolute Gasteiger partial charge is 0.261 e. The van der Waals surface area contributed by atoms with Crippen LogP contribution < -0.4 is 10.4 Å². The highest BCUT2D eigenvalue weighted by Crippen LogP contribution is 2.37. The molecule has 2 aromatic rings. The highest BCUT2D eigenvalue weighted by atomic mass is 28.4. The molecule has 1 fully saturated rings. The van der Waals surface area contributed by atoms with Crippen LogP contribution in [0.15, 0.2) is 65.8 Å². The van der Waals surface area contributed by atoms with E-state index in [4.69, 9.17) is 13.9 Å². The Morgan fingerprint density at radius 3 is 2.14 bits per heavy atom. The molecule has 190 valence electrons. The number of benzene rings is 2. The maximum atomic E-state index is 9.44. The summed E-state index contributed by atoms with van der Waals surface area (Å²) in [5.74, 6) is 0.0691. The molecular formula is C28H41N3O3Si. The average Bonchev–Trinajstić information content (AvgIpc) is 2.87. The molecule has 0 spiro atoms. The zero-order chi connectivity index (χ0) is 25.2. The second kappa shape index (κ2) is 13.2. The zero-order valence-corrected chi connectivity index (χ0v) is 22.7. The van der Waals surface area contributed by atoms with Crippen LogP contribution in [0.5, 0.6) is 0 Å². The van der Waals surface area contributed by atoms with Crippen molar-refractivity contribution in [1.82, 2.24) is 0 Å². The predicted octanol–water partition coefficient (Wildman–Crippen LogP) is 6.20. The molecule has 0 aromatic heterocycles. The van der Waals surface area contributed by atoms with E-state index in [0.29, 0.717) is 13.2 Å².